The van der Waals surface area contributed by atoms with E-state index in [0.717, 1.165) is 25.9 Å². The number of carbonyl (C=O) groups excluding carboxylic acids is 1. The molecule has 18 heavy (non-hydrogen) atoms. The highest BCUT2D eigenvalue weighted by molar-refractivity contribution is 5.82. The lowest BCUT2D eigenvalue weighted by atomic mass is 9.94. The first kappa shape index (κ1) is 13.8. The number of nitrogens with zero attached hydrogens (tertiary/aromatic N) is 1. The average Bonchev–Trinajstić information content (AvgIpc) is 3.08. The van der Waals surface area contributed by atoms with Gasteiger partial charge in [-0.05, 0) is 37.5 Å². The van der Waals surface area contributed by atoms with Crippen LogP contribution in [0, 0.1) is 17.8 Å². The van der Waals surface area contributed by atoms with Crippen molar-refractivity contribution in [3.05, 3.63) is 0 Å². The molecule has 3 atom stereocenters. The molecule has 2 N–H and O–H groups in total. The molecule has 0 spiro atoms. The van der Waals surface area contributed by atoms with Gasteiger partial charge in [0.15, 0.2) is 0 Å². The van der Waals surface area contributed by atoms with Crippen molar-refractivity contribution in [1.82, 2.24) is 4.90 Å². The molecule has 104 valence electrons. The lowest BCUT2D eigenvalue weighted by Crippen LogP contribution is -2.58. The predicted octanol–water partition coefficient (Wildman–Crippen LogP) is 1.24. The number of carbonyl (C=O) groups is 1. The fourth-order valence-corrected chi connectivity index (χ4v) is 2.97. The summed E-state index contributed by atoms with van der Waals surface area (Å²) in [5, 5.41) is 0. The zero-order chi connectivity index (χ0) is 13.3. The van der Waals surface area contributed by atoms with E-state index in [4.69, 9.17) is 10.5 Å². The Morgan fingerprint density at radius 3 is 2.33 bits per heavy atom. The molecule has 4 nitrogen and oxygen atoms in total. The van der Waals surface area contributed by atoms with E-state index in [0.29, 0.717) is 30.9 Å². The largest absolute Gasteiger partial charge is 0.465 e. The molecule has 3 unspecified atom stereocenters. The van der Waals surface area contributed by atoms with Crippen LogP contribution < -0.4 is 5.73 Å². The van der Waals surface area contributed by atoms with E-state index in [9.17, 15) is 4.79 Å². The van der Waals surface area contributed by atoms with Gasteiger partial charge in [-0.3, -0.25) is 0 Å². The molecular formula is C14H26N2O2. The molecule has 2 rings (SSSR count). The van der Waals surface area contributed by atoms with Crippen LogP contribution in [0.3, 0.4) is 0 Å². The summed E-state index contributed by atoms with van der Waals surface area (Å²) in [5.41, 5.74) is 5.61. The fraction of sp³-hybridized carbons (Fsp3) is 0.929. The zero-order valence-corrected chi connectivity index (χ0v) is 11.8. The van der Waals surface area contributed by atoms with E-state index in [1.54, 1.807) is 0 Å². The van der Waals surface area contributed by atoms with E-state index >= 15 is 0 Å². The summed E-state index contributed by atoms with van der Waals surface area (Å²) in [7, 11) is 0. The van der Waals surface area contributed by atoms with Gasteiger partial charge in [0, 0.05) is 19.6 Å². The third-order valence-electron chi connectivity index (χ3n) is 4.51. The van der Waals surface area contributed by atoms with Crippen LogP contribution in [-0.4, -0.2) is 42.6 Å². The average molecular weight is 254 g/mol. The second-order valence-electron chi connectivity index (χ2n) is 6.18. The Bertz CT molecular complexity index is 307. The number of nitrogens with two attached hydrogens (primary N) is 1. The van der Waals surface area contributed by atoms with Crippen molar-refractivity contribution in [2.24, 2.45) is 23.5 Å². The normalized spacial score (nSPS) is 32.2. The van der Waals surface area contributed by atoms with E-state index in [1.165, 1.54) is 0 Å². The summed E-state index contributed by atoms with van der Waals surface area (Å²) in [6.45, 7) is 9.54. The summed E-state index contributed by atoms with van der Waals surface area (Å²) in [6, 6.07) is 0. The molecule has 0 aromatic heterocycles. The van der Waals surface area contributed by atoms with Crippen LogP contribution in [-0.2, 0) is 9.53 Å². The van der Waals surface area contributed by atoms with Gasteiger partial charge in [-0.25, -0.2) is 4.79 Å². The van der Waals surface area contributed by atoms with Crippen molar-refractivity contribution >= 4 is 5.97 Å². The lowest BCUT2D eigenvalue weighted by molar-refractivity contribution is -0.151. The van der Waals surface area contributed by atoms with Crippen LogP contribution >= 0.6 is 0 Å². The van der Waals surface area contributed by atoms with Crippen LogP contribution in [0.4, 0.5) is 0 Å². The minimum atomic E-state index is -0.778. The Morgan fingerprint density at radius 2 is 1.89 bits per heavy atom. The number of likely N-dealkylation sites (tertiary alicyclic amines) is 1. The number of rotatable bonds is 5. The molecule has 1 aliphatic carbocycles. The second-order valence-corrected chi connectivity index (χ2v) is 6.18. The van der Waals surface area contributed by atoms with Crippen molar-refractivity contribution in [3.8, 4) is 0 Å². The molecule has 0 amide bonds. The van der Waals surface area contributed by atoms with Gasteiger partial charge >= 0.3 is 5.97 Å². The van der Waals surface area contributed by atoms with Gasteiger partial charge in [-0.2, -0.15) is 0 Å². The molecule has 0 aromatic rings. The summed E-state index contributed by atoms with van der Waals surface area (Å²) < 4.78 is 5.18. The molecule has 1 heterocycles. The van der Waals surface area contributed by atoms with Crippen molar-refractivity contribution in [1.29, 1.82) is 0 Å². The SMILES string of the molecule is CCOC(=O)C(N)(CN1CC(C)C(C)C1)C1CC1. The lowest BCUT2D eigenvalue weighted by Gasteiger charge is -2.31. The Morgan fingerprint density at radius 1 is 1.33 bits per heavy atom. The summed E-state index contributed by atoms with van der Waals surface area (Å²) in [5.74, 6) is 1.49. The maximum atomic E-state index is 12.1. The van der Waals surface area contributed by atoms with Crippen LogP contribution in [0.5, 0.6) is 0 Å². The van der Waals surface area contributed by atoms with Gasteiger partial charge in [0.2, 0.25) is 0 Å². The van der Waals surface area contributed by atoms with E-state index in [-0.39, 0.29) is 5.97 Å². The van der Waals surface area contributed by atoms with Crippen molar-refractivity contribution in [2.75, 3.05) is 26.2 Å². The minimum Gasteiger partial charge on any atom is -0.465 e. The van der Waals surface area contributed by atoms with Gasteiger partial charge in [0.25, 0.3) is 0 Å². The van der Waals surface area contributed by atoms with Gasteiger partial charge in [0.05, 0.1) is 6.61 Å². The molecule has 0 aromatic carbocycles. The number of hydrogen-bond donors (Lipinski definition) is 1. The maximum absolute atomic E-state index is 12.1. The van der Waals surface area contributed by atoms with Gasteiger partial charge in [-0.1, -0.05) is 13.8 Å². The summed E-state index contributed by atoms with van der Waals surface area (Å²) in [4.78, 5) is 14.5. The Balaban J connectivity index is 2.00. The third-order valence-corrected chi connectivity index (χ3v) is 4.51. The van der Waals surface area contributed by atoms with E-state index in [2.05, 4.69) is 18.7 Å². The summed E-state index contributed by atoms with van der Waals surface area (Å²) in [6.07, 6.45) is 2.13. The molecule has 1 aliphatic heterocycles. The molecule has 2 aliphatic rings. The monoisotopic (exact) mass is 254 g/mol. The highest BCUT2D eigenvalue weighted by Crippen LogP contribution is 2.40. The van der Waals surface area contributed by atoms with Crippen LogP contribution in [0.15, 0.2) is 0 Å². The third kappa shape index (κ3) is 2.69. The van der Waals surface area contributed by atoms with E-state index in [1.807, 2.05) is 6.92 Å². The standard InChI is InChI=1S/C14H26N2O2/c1-4-18-13(17)14(15,12-5-6-12)9-16-7-10(2)11(3)8-16/h10-12H,4-9,15H2,1-3H3. The van der Waals surface area contributed by atoms with Gasteiger partial charge in [-0.15, -0.1) is 0 Å². The highest BCUT2D eigenvalue weighted by Gasteiger charge is 2.50. The first-order chi connectivity index (χ1) is 8.47. The molecule has 1 saturated heterocycles. The Labute approximate surface area is 110 Å². The van der Waals surface area contributed by atoms with Crippen molar-refractivity contribution < 1.29 is 9.53 Å². The number of hydrogen-bond acceptors (Lipinski definition) is 4. The molecule has 2 fully saturated rings. The van der Waals surface area contributed by atoms with Gasteiger partial charge in [0.1, 0.15) is 5.54 Å². The second kappa shape index (κ2) is 5.17. The van der Waals surface area contributed by atoms with Crippen LogP contribution in [0.1, 0.15) is 33.6 Å². The number of esters is 1. The molecule has 1 saturated carbocycles. The maximum Gasteiger partial charge on any atom is 0.327 e. The zero-order valence-electron chi connectivity index (χ0n) is 11.8. The molecular weight excluding hydrogens is 228 g/mol. The quantitative estimate of drug-likeness (QED) is 0.750. The Kier molecular flexibility index (Phi) is 3.97. The van der Waals surface area contributed by atoms with Crippen molar-refractivity contribution in [2.45, 2.75) is 39.2 Å². The van der Waals surface area contributed by atoms with Crippen LogP contribution in [0.2, 0.25) is 0 Å². The summed E-state index contributed by atoms with van der Waals surface area (Å²) >= 11 is 0. The van der Waals surface area contributed by atoms with Crippen LogP contribution in [0.25, 0.3) is 0 Å². The molecule has 0 bridgehead atoms. The van der Waals surface area contributed by atoms with E-state index < -0.39 is 5.54 Å². The molecule has 4 heteroatoms. The number of ether oxygens (including phenoxy) is 1. The highest BCUT2D eigenvalue weighted by atomic mass is 16.5. The fourth-order valence-electron chi connectivity index (χ4n) is 2.97. The first-order valence-electron chi connectivity index (χ1n) is 7.15. The Hall–Kier alpha value is -0.610. The minimum absolute atomic E-state index is 0.209. The molecule has 0 radical (unpaired) electrons. The topological polar surface area (TPSA) is 55.6 Å². The first-order valence-corrected chi connectivity index (χ1v) is 7.15. The smallest absolute Gasteiger partial charge is 0.327 e. The predicted molar refractivity (Wildman–Crippen MR) is 71.0 cm³/mol. The van der Waals surface area contributed by atoms with Crippen molar-refractivity contribution in [3.63, 3.8) is 0 Å². The van der Waals surface area contributed by atoms with Gasteiger partial charge < -0.3 is 15.4 Å².